The summed E-state index contributed by atoms with van der Waals surface area (Å²) < 4.78 is 18.4. The van der Waals surface area contributed by atoms with E-state index >= 15 is 0 Å². The SMILES string of the molecule is COc1ccc(CN2CCN(C(=O)c3nn(C)c4c3CCc3sccc3-4)CC2)c(OC)c1OC. The van der Waals surface area contributed by atoms with Crippen LogP contribution in [0.1, 0.15) is 26.5 Å². The van der Waals surface area contributed by atoms with E-state index in [1.165, 1.54) is 10.4 Å². The van der Waals surface area contributed by atoms with E-state index < -0.39 is 0 Å². The monoisotopic (exact) mass is 482 g/mol. The lowest BCUT2D eigenvalue weighted by Gasteiger charge is -2.35. The maximum absolute atomic E-state index is 13.4. The lowest BCUT2D eigenvalue weighted by molar-refractivity contribution is 0.0619. The number of thiophene rings is 1. The number of amides is 1. The number of ether oxygens (including phenoxy) is 3. The molecule has 34 heavy (non-hydrogen) atoms. The van der Waals surface area contributed by atoms with Crippen molar-refractivity contribution in [2.24, 2.45) is 7.05 Å². The lowest BCUT2D eigenvalue weighted by Crippen LogP contribution is -2.48. The molecule has 0 unspecified atom stereocenters. The zero-order chi connectivity index (χ0) is 23.8. The average Bonchev–Trinajstić information content (AvgIpc) is 3.47. The molecule has 3 aromatic rings. The van der Waals surface area contributed by atoms with E-state index in [1.807, 2.05) is 28.8 Å². The maximum Gasteiger partial charge on any atom is 0.274 e. The molecule has 0 atom stereocenters. The first-order valence-corrected chi connectivity index (χ1v) is 12.4. The highest BCUT2D eigenvalue weighted by Gasteiger charge is 2.31. The summed E-state index contributed by atoms with van der Waals surface area (Å²) in [7, 11) is 6.82. The van der Waals surface area contributed by atoms with Gasteiger partial charge in [-0.05, 0) is 30.4 Å². The summed E-state index contributed by atoms with van der Waals surface area (Å²) in [5, 5.41) is 6.79. The number of methoxy groups -OCH3 is 3. The Morgan fingerprint density at radius 2 is 1.76 bits per heavy atom. The van der Waals surface area contributed by atoms with Crippen LogP contribution in [0.25, 0.3) is 11.3 Å². The fraction of sp³-hybridized carbons (Fsp3) is 0.440. The Balaban J connectivity index is 1.28. The Hall–Kier alpha value is -3.04. The topological polar surface area (TPSA) is 69.1 Å². The zero-order valence-electron chi connectivity index (χ0n) is 20.1. The molecule has 1 fully saturated rings. The van der Waals surface area contributed by atoms with Gasteiger partial charge in [0.2, 0.25) is 5.75 Å². The third-order valence-electron chi connectivity index (χ3n) is 6.79. The van der Waals surface area contributed by atoms with E-state index in [2.05, 4.69) is 21.4 Å². The van der Waals surface area contributed by atoms with Crippen LogP contribution in [0.3, 0.4) is 0 Å². The van der Waals surface area contributed by atoms with Crippen LogP contribution in [0.4, 0.5) is 0 Å². The molecule has 9 heteroatoms. The predicted octanol–water partition coefficient (Wildman–Crippen LogP) is 3.23. The van der Waals surface area contributed by atoms with Crippen LogP contribution in [0.2, 0.25) is 0 Å². The van der Waals surface area contributed by atoms with Gasteiger partial charge in [-0.25, -0.2) is 0 Å². The number of piperazine rings is 1. The second-order valence-electron chi connectivity index (χ2n) is 8.62. The first-order chi connectivity index (χ1) is 16.5. The Labute approximate surface area is 203 Å². The molecule has 5 rings (SSSR count). The van der Waals surface area contributed by atoms with Crippen LogP contribution < -0.4 is 14.2 Å². The van der Waals surface area contributed by atoms with Gasteiger partial charge < -0.3 is 19.1 Å². The Kier molecular flexibility index (Phi) is 6.22. The van der Waals surface area contributed by atoms with Gasteiger partial charge in [-0.15, -0.1) is 11.3 Å². The summed E-state index contributed by atoms with van der Waals surface area (Å²) in [5.74, 6) is 1.98. The van der Waals surface area contributed by atoms with Gasteiger partial charge in [-0.1, -0.05) is 6.07 Å². The number of hydrogen-bond acceptors (Lipinski definition) is 7. The number of aryl methyl sites for hydroxylation is 2. The lowest BCUT2D eigenvalue weighted by atomic mass is 9.94. The number of hydrogen-bond donors (Lipinski definition) is 0. The van der Waals surface area contributed by atoms with Crippen LogP contribution in [-0.4, -0.2) is 73.0 Å². The highest BCUT2D eigenvalue weighted by Crippen LogP contribution is 2.40. The van der Waals surface area contributed by atoms with Crippen LogP contribution in [0.15, 0.2) is 23.6 Å². The van der Waals surface area contributed by atoms with Gasteiger partial charge in [0.05, 0.1) is 27.0 Å². The minimum atomic E-state index is 0.0406. The van der Waals surface area contributed by atoms with Crippen molar-refractivity contribution in [3.8, 4) is 28.5 Å². The molecule has 1 saturated heterocycles. The Morgan fingerprint density at radius 3 is 2.47 bits per heavy atom. The second kappa shape index (κ2) is 9.31. The summed E-state index contributed by atoms with van der Waals surface area (Å²) >= 11 is 1.79. The van der Waals surface area contributed by atoms with Gasteiger partial charge in [-0.3, -0.25) is 14.4 Å². The quantitative estimate of drug-likeness (QED) is 0.537. The van der Waals surface area contributed by atoms with Crippen LogP contribution in [0.5, 0.6) is 17.2 Å². The van der Waals surface area contributed by atoms with E-state index in [-0.39, 0.29) is 5.91 Å². The Bertz CT molecular complexity index is 1210. The minimum absolute atomic E-state index is 0.0406. The number of carbonyl (C=O) groups is 1. The molecule has 8 nitrogen and oxygen atoms in total. The molecule has 0 radical (unpaired) electrons. The summed E-state index contributed by atoms with van der Waals surface area (Å²) in [5.41, 5.74) is 5.07. The van der Waals surface area contributed by atoms with Crippen molar-refractivity contribution < 1.29 is 19.0 Å². The van der Waals surface area contributed by atoms with Crippen molar-refractivity contribution in [2.45, 2.75) is 19.4 Å². The summed E-state index contributed by atoms with van der Waals surface area (Å²) in [4.78, 5) is 19.1. The van der Waals surface area contributed by atoms with E-state index in [0.717, 1.165) is 42.8 Å². The number of nitrogens with zero attached hydrogens (tertiary/aromatic N) is 4. The average molecular weight is 483 g/mol. The first-order valence-electron chi connectivity index (χ1n) is 11.5. The van der Waals surface area contributed by atoms with Gasteiger partial charge in [0.15, 0.2) is 17.2 Å². The van der Waals surface area contributed by atoms with Crippen LogP contribution in [0, 0.1) is 0 Å². The minimum Gasteiger partial charge on any atom is -0.493 e. The van der Waals surface area contributed by atoms with E-state index in [0.29, 0.717) is 42.6 Å². The van der Waals surface area contributed by atoms with Crippen LogP contribution in [-0.2, 0) is 26.4 Å². The molecule has 1 amide bonds. The summed E-state index contributed by atoms with van der Waals surface area (Å²) in [6.45, 7) is 3.62. The third kappa shape index (κ3) is 3.82. The molecule has 1 aliphatic carbocycles. The molecule has 0 N–H and O–H groups in total. The highest BCUT2D eigenvalue weighted by atomic mass is 32.1. The molecular formula is C25H30N4O4S. The summed E-state index contributed by atoms with van der Waals surface area (Å²) in [6, 6.07) is 6.06. The largest absolute Gasteiger partial charge is 0.493 e. The second-order valence-corrected chi connectivity index (χ2v) is 9.62. The molecule has 2 aromatic heterocycles. The van der Waals surface area contributed by atoms with Crippen molar-refractivity contribution in [1.82, 2.24) is 19.6 Å². The van der Waals surface area contributed by atoms with Crippen molar-refractivity contribution in [2.75, 3.05) is 47.5 Å². The molecule has 3 heterocycles. The van der Waals surface area contributed by atoms with Gasteiger partial charge in [0.25, 0.3) is 5.91 Å². The maximum atomic E-state index is 13.4. The number of fused-ring (bicyclic) bond motifs is 3. The van der Waals surface area contributed by atoms with E-state index in [4.69, 9.17) is 14.2 Å². The standard InChI is InChI=1S/C25H30N4O4S/c1-27-22-17-9-14-34-20(17)8-6-18(22)21(26-27)25(30)29-12-10-28(11-13-29)15-16-5-7-19(31-2)24(33-4)23(16)32-3/h5,7,9,14H,6,8,10-13,15H2,1-4H3. The molecule has 2 aliphatic rings. The van der Waals surface area contributed by atoms with Crippen molar-refractivity contribution in [3.05, 3.63) is 45.3 Å². The molecule has 0 bridgehead atoms. The van der Waals surface area contributed by atoms with Crippen LogP contribution >= 0.6 is 11.3 Å². The third-order valence-corrected chi connectivity index (χ3v) is 7.77. The number of carbonyl (C=O) groups excluding carboxylic acids is 1. The zero-order valence-corrected chi connectivity index (χ0v) is 20.9. The predicted molar refractivity (Wildman–Crippen MR) is 131 cm³/mol. The summed E-state index contributed by atoms with van der Waals surface area (Å²) in [6.07, 6.45) is 1.85. The first kappa shape index (κ1) is 22.7. The van der Waals surface area contributed by atoms with Crippen molar-refractivity contribution in [3.63, 3.8) is 0 Å². The molecule has 1 aliphatic heterocycles. The fourth-order valence-electron chi connectivity index (χ4n) is 5.08. The van der Waals surface area contributed by atoms with Gasteiger partial charge in [0.1, 0.15) is 0 Å². The molecule has 0 spiro atoms. The van der Waals surface area contributed by atoms with E-state index in [9.17, 15) is 4.79 Å². The molecular weight excluding hydrogens is 452 g/mol. The molecule has 0 saturated carbocycles. The number of benzene rings is 1. The Morgan fingerprint density at radius 1 is 1.00 bits per heavy atom. The highest BCUT2D eigenvalue weighted by molar-refractivity contribution is 7.10. The normalized spacial score (nSPS) is 15.6. The van der Waals surface area contributed by atoms with Gasteiger partial charge in [0, 0.05) is 61.3 Å². The van der Waals surface area contributed by atoms with Crippen molar-refractivity contribution in [1.29, 1.82) is 0 Å². The molecule has 180 valence electrons. The smallest absolute Gasteiger partial charge is 0.274 e. The van der Waals surface area contributed by atoms with Crippen molar-refractivity contribution >= 4 is 17.2 Å². The van der Waals surface area contributed by atoms with Gasteiger partial charge >= 0.3 is 0 Å². The number of aromatic nitrogens is 2. The number of rotatable bonds is 6. The van der Waals surface area contributed by atoms with E-state index in [1.54, 1.807) is 32.7 Å². The fourth-order valence-corrected chi connectivity index (χ4v) is 5.96. The van der Waals surface area contributed by atoms with Gasteiger partial charge in [-0.2, -0.15) is 5.10 Å². The molecule has 1 aromatic carbocycles.